The normalized spacial score (nSPS) is 21.5. The minimum atomic E-state index is -9.85. The molecule has 250 valence electrons. The van der Waals surface area contributed by atoms with Crippen molar-refractivity contribution < 1.29 is 38.0 Å². The van der Waals surface area contributed by atoms with Crippen LogP contribution in [0, 0.1) is 0 Å². The zero-order valence-electron chi connectivity index (χ0n) is 27.6. The SMILES string of the molecule is CC1(C)OB(c2ccc(-c3ccc(-c4ccc(B5OC(C)(C)C(C)(C)O5)cc4)n3-c3ccc(S(F)(F)(F)(F)F)cc3)cc2)OC1(C)C. The maximum absolute atomic E-state index is 13.6. The van der Waals surface area contributed by atoms with Gasteiger partial charge in [-0.1, -0.05) is 68.0 Å². The van der Waals surface area contributed by atoms with E-state index in [1.54, 1.807) is 4.57 Å². The molecule has 0 unspecified atom stereocenters. The summed E-state index contributed by atoms with van der Waals surface area (Å²) >= 11 is 0. The van der Waals surface area contributed by atoms with Gasteiger partial charge in [-0.2, -0.15) is 0 Å². The maximum Gasteiger partial charge on any atom is 0.494 e. The lowest BCUT2D eigenvalue weighted by molar-refractivity contribution is 0.00578. The van der Waals surface area contributed by atoms with Crippen LogP contribution in [0.3, 0.4) is 0 Å². The van der Waals surface area contributed by atoms with Gasteiger partial charge in [0.15, 0.2) is 0 Å². The lowest BCUT2D eigenvalue weighted by atomic mass is 9.78. The van der Waals surface area contributed by atoms with Crippen molar-refractivity contribution in [3.05, 3.63) is 84.9 Å². The first-order valence-electron chi connectivity index (χ1n) is 15.4. The van der Waals surface area contributed by atoms with Crippen molar-refractivity contribution in [3.63, 3.8) is 0 Å². The Kier molecular flexibility index (Phi) is 7.18. The molecule has 13 heteroatoms. The summed E-state index contributed by atoms with van der Waals surface area (Å²) < 4.78 is 94.4. The number of aromatic nitrogens is 1. The fourth-order valence-electron chi connectivity index (χ4n) is 5.60. The summed E-state index contributed by atoms with van der Waals surface area (Å²) in [5, 5.41) is 0. The van der Waals surface area contributed by atoms with E-state index < -0.39 is 51.8 Å². The number of rotatable bonds is 6. The number of hydrogen-bond acceptors (Lipinski definition) is 4. The highest BCUT2D eigenvalue weighted by Crippen LogP contribution is 3.02. The second-order valence-electron chi connectivity index (χ2n) is 14.3. The van der Waals surface area contributed by atoms with Crippen molar-refractivity contribution in [2.75, 3.05) is 0 Å². The molecular weight excluding hydrogens is 635 g/mol. The monoisotopic (exact) mass is 673 g/mol. The average molecular weight is 673 g/mol. The smallest absolute Gasteiger partial charge is 0.399 e. The Bertz CT molecular complexity index is 1690. The minimum Gasteiger partial charge on any atom is -0.399 e. The third kappa shape index (κ3) is 6.17. The molecule has 2 aliphatic rings. The number of hydrogen-bond donors (Lipinski definition) is 0. The van der Waals surface area contributed by atoms with Crippen LogP contribution in [0.5, 0.6) is 0 Å². The van der Waals surface area contributed by atoms with Gasteiger partial charge in [0.25, 0.3) is 0 Å². The molecule has 3 aromatic carbocycles. The Morgan fingerprint density at radius 1 is 0.468 bits per heavy atom. The average Bonchev–Trinajstić information content (AvgIpc) is 3.56. The molecule has 0 radical (unpaired) electrons. The summed E-state index contributed by atoms with van der Waals surface area (Å²) in [7, 11) is -11.0. The van der Waals surface area contributed by atoms with Crippen LogP contribution in [-0.2, 0) is 18.6 Å². The van der Waals surface area contributed by atoms with E-state index in [4.69, 9.17) is 18.6 Å². The Hall–Kier alpha value is -3.09. The molecule has 47 heavy (non-hydrogen) atoms. The Morgan fingerprint density at radius 2 is 0.787 bits per heavy atom. The molecule has 0 aliphatic carbocycles. The number of halogens is 5. The first-order chi connectivity index (χ1) is 21.4. The van der Waals surface area contributed by atoms with Crippen LogP contribution in [0.2, 0.25) is 0 Å². The molecule has 2 saturated heterocycles. The molecule has 0 N–H and O–H groups in total. The van der Waals surface area contributed by atoms with Crippen molar-refractivity contribution >= 4 is 35.4 Å². The van der Waals surface area contributed by atoms with Crippen molar-refractivity contribution in [2.24, 2.45) is 0 Å². The van der Waals surface area contributed by atoms with Crippen LogP contribution < -0.4 is 10.9 Å². The Labute approximate surface area is 273 Å². The Morgan fingerprint density at radius 3 is 1.09 bits per heavy atom. The van der Waals surface area contributed by atoms with Crippen molar-refractivity contribution in [1.82, 2.24) is 4.57 Å². The van der Waals surface area contributed by atoms with E-state index >= 15 is 0 Å². The highest BCUT2D eigenvalue weighted by Gasteiger charge is 2.65. The highest BCUT2D eigenvalue weighted by atomic mass is 32.5. The summed E-state index contributed by atoms with van der Waals surface area (Å²) in [4.78, 5) is -1.94. The molecule has 2 aliphatic heterocycles. The third-order valence-electron chi connectivity index (χ3n) is 9.88. The van der Waals surface area contributed by atoms with Crippen LogP contribution >= 0.6 is 10.2 Å². The fraction of sp³-hybridized carbons (Fsp3) is 0.353. The number of benzene rings is 3. The molecule has 0 saturated carbocycles. The van der Waals surface area contributed by atoms with Gasteiger partial charge in [0.2, 0.25) is 0 Å². The largest absolute Gasteiger partial charge is 0.494 e. The van der Waals surface area contributed by atoms with Gasteiger partial charge < -0.3 is 23.2 Å². The van der Waals surface area contributed by atoms with Crippen LogP contribution in [0.4, 0.5) is 19.4 Å². The van der Waals surface area contributed by atoms with E-state index in [1.165, 1.54) is 0 Å². The molecule has 0 amide bonds. The van der Waals surface area contributed by atoms with Gasteiger partial charge in [-0.15, -0.1) is 0 Å². The lowest BCUT2D eigenvalue weighted by Gasteiger charge is -2.40. The topological polar surface area (TPSA) is 41.9 Å². The molecule has 6 rings (SSSR count). The second kappa shape index (κ2) is 9.98. The van der Waals surface area contributed by atoms with E-state index in [0.29, 0.717) is 23.5 Å². The Balaban J connectivity index is 1.39. The van der Waals surface area contributed by atoms with E-state index in [2.05, 4.69) is 0 Å². The standard InChI is InChI=1S/C34H38B2F5NO4S/c1-31(2)32(3,4)44-35(43-31)25-13-9-23(10-14-25)29-21-22-30(42(29)27-17-19-28(20-18-27)47(37,38,39,40)41)24-11-15-26(16-12-24)36-45-33(5,6)34(7,8)46-36/h9-22H,1-8H3. The molecule has 0 bridgehead atoms. The van der Waals surface area contributed by atoms with Gasteiger partial charge in [0.05, 0.1) is 33.8 Å². The summed E-state index contributed by atoms with van der Waals surface area (Å²) in [5.41, 5.74) is 2.65. The zero-order valence-corrected chi connectivity index (χ0v) is 28.4. The van der Waals surface area contributed by atoms with Crippen molar-refractivity contribution in [2.45, 2.75) is 82.7 Å². The van der Waals surface area contributed by atoms with Crippen LogP contribution in [-0.4, -0.2) is 41.2 Å². The predicted octanol–water partition coefficient (Wildman–Crippen LogP) is 9.07. The van der Waals surface area contributed by atoms with Gasteiger partial charge in [-0.05, 0) is 114 Å². The second-order valence-corrected chi connectivity index (χ2v) is 16.7. The molecule has 0 spiro atoms. The van der Waals surface area contributed by atoms with Gasteiger partial charge in [0, 0.05) is 5.69 Å². The third-order valence-corrected chi connectivity index (χ3v) is 11.0. The summed E-state index contributed by atoms with van der Waals surface area (Å²) in [6, 6.07) is 21.7. The fourth-order valence-corrected chi connectivity index (χ4v) is 6.25. The molecule has 2 fully saturated rings. The summed E-state index contributed by atoms with van der Waals surface area (Å²) in [6.45, 7) is 15.8. The van der Waals surface area contributed by atoms with Crippen molar-refractivity contribution in [1.29, 1.82) is 0 Å². The molecular formula is C34H38B2F5NO4S. The first-order valence-corrected chi connectivity index (χ1v) is 17.3. The molecule has 1 aromatic heterocycles. The predicted molar refractivity (Wildman–Crippen MR) is 179 cm³/mol. The maximum atomic E-state index is 13.6. The van der Waals surface area contributed by atoms with Gasteiger partial charge >= 0.3 is 24.5 Å². The highest BCUT2D eigenvalue weighted by molar-refractivity contribution is 8.45. The van der Waals surface area contributed by atoms with Gasteiger partial charge in [-0.3, -0.25) is 0 Å². The van der Waals surface area contributed by atoms with E-state index in [-0.39, 0.29) is 5.69 Å². The van der Waals surface area contributed by atoms with Gasteiger partial charge in [0.1, 0.15) is 4.90 Å². The lowest BCUT2D eigenvalue weighted by Crippen LogP contribution is -2.41. The number of nitrogens with zero attached hydrogens (tertiary/aromatic N) is 1. The van der Waals surface area contributed by atoms with Crippen LogP contribution in [0.1, 0.15) is 55.4 Å². The van der Waals surface area contributed by atoms with Gasteiger partial charge in [-0.25, -0.2) is 0 Å². The van der Waals surface area contributed by atoms with E-state index in [9.17, 15) is 19.4 Å². The molecule has 3 heterocycles. The van der Waals surface area contributed by atoms with Crippen LogP contribution in [0.15, 0.2) is 89.8 Å². The quantitative estimate of drug-likeness (QED) is 0.151. The molecule has 0 atom stereocenters. The zero-order chi connectivity index (χ0) is 34.5. The molecule has 5 nitrogen and oxygen atoms in total. The summed E-state index contributed by atoms with van der Waals surface area (Å²) in [6.07, 6.45) is 0. The first kappa shape index (κ1) is 33.8. The van der Waals surface area contributed by atoms with Crippen LogP contribution in [0.25, 0.3) is 28.2 Å². The minimum absolute atomic E-state index is 0.288. The van der Waals surface area contributed by atoms with E-state index in [1.807, 2.05) is 116 Å². The molecule has 4 aromatic rings. The van der Waals surface area contributed by atoms with E-state index in [0.717, 1.165) is 34.2 Å². The van der Waals surface area contributed by atoms with Crippen molar-refractivity contribution in [3.8, 4) is 28.2 Å². The summed E-state index contributed by atoms with van der Waals surface area (Å²) in [5.74, 6) is 0.